The van der Waals surface area contributed by atoms with E-state index in [0.29, 0.717) is 6.42 Å². The Morgan fingerprint density at radius 2 is 1.70 bits per heavy atom. The molecular formula is C23H35N3O7. The summed E-state index contributed by atoms with van der Waals surface area (Å²) in [5.74, 6) is 1.80. The predicted octanol–water partition coefficient (Wildman–Crippen LogP) is 2.21. The number of hydrogen-bond acceptors (Lipinski definition) is 7. The number of aliphatic hydroxyl groups is 1. The molecule has 1 aromatic carbocycles. The fraction of sp³-hybridized carbons (Fsp3) is 0.522. The van der Waals surface area contributed by atoms with E-state index in [9.17, 15) is 5.11 Å². The van der Waals surface area contributed by atoms with Gasteiger partial charge < -0.3 is 29.4 Å². The van der Waals surface area contributed by atoms with Gasteiger partial charge in [0.2, 0.25) is 0 Å². The number of hydrogen-bond donors (Lipinski definition) is 3. The fourth-order valence-corrected chi connectivity index (χ4v) is 3.15. The van der Waals surface area contributed by atoms with Crippen LogP contribution in [0.5, 0.6) is 5.75 Å². The Morgan fingerprint density at radius 3 is 2.27 bits per heavy atom. The summed E-state index contributed by atoms with van der Waals surface area (Å²) >= 11 is 0. The number of aryl methyl sites for hydroxylation is 1. The van der Waals surface area contributed by atoms with Gasteiger partial charge in [0.15, 0.2) is 0 Å². The van der Waals surface area contributed by atoms with Crippen LogP contribution in [-0.4, -0.2) is 87.8 Å². The summed E-state index contributed by atoms with van der Waals surface area (Å²) in [6, 6.07) is 8.08. The number of carboxylic acid groups (broad SMARTS) is 2. The normalized spacial score (nSPS) is 13.7. The van der Waals surface area contributed by atoms with Crippen molar-refractivity contribution in [1.82, 2.24) is 14.5 Å². The van der Waals surface area contributed by atoms with E-state index in [1.54, 1.807) is 6.20 Å². The first-order valence-corrected chi connectivity index (χ1v) is 10.8. The number of carbonyl (C=O) groups is 2. The molecule has 1 aliphatic rings. The lowest BCUT2D eigenvalue weighted by Crippen LogP contribution is -2.37. The first-order valence-electron chi connectivity index (χ1n) is 10.8. The van der Waals surface area contributed by atoms with E-state index < -0.39 is 5.60 Å². The topological polar surface area (TPSA) is 134 Å². The number of morpholine rings is 1. The number of rotatable bonds is 9. The van der Waals surface area contributed by atoms with E-state index in [0.717, 1.165) is 69.6 Å². The molecule has 33 heavy (non-hydrogen) atoms. The molecule has 10 nitrogen and oxygen atoms in total. The van der Waals surface area contributed by atoms with E-state index >= 15 is 0 Å². The number of benzene rings is 1. The first-order chi connectivity index (χ1) is 15.8. The van der Waals surface area contributed by atoms with E-state index in [4.69, 9.17) is 29.3 Å². The van der Waals surface area contributed by atoms with Gasteiger partial charge in [-0.2, -0.15) is 0 Å². The standard InChI is InChI=1S/C21H31N3O3.2CH2O2/c1-21(2,25)8-11-24-12-9-22-20(24)18-4-6-19(7-5-18)27-15-3-10-23-13-16-26-17-14-23;2*2-1-3/h4-7,9,12,25H,3,8,10-11,13-17H2,1-2H3;2*1H,(H,2,3). The summed E-state index contributed by atoms with van der Waals surface area (Å²) in [6.07, 6.45) is 5.46. The second-order valence-corrected chi connectivity index (χ2v) is 7.90. The van der Waals surface area contributed by atoms with E-state index in [2.05, 4.69) is 14.5 Å². The molecule has 3 rings (SSSR count). The Hall–Kier alpha value is -2.95. The van der Waals surface area contributed by atoms with Crippen LogP contribution in [0, 0.1) is 0 Å². The van der Waals surface area contributed by atoms with Crippen molar-refractivity contribution in [2.24, 2.45) is 0 Å². The highest BCUT2D eigenvalue weighted by Crippen LogP contribution is 2.22. The molecule has 0 bridgehead atoms. The molecule has 1 saturated heterocycles. The molecule has 0 radical (unpaired) electrons. The highest BCUT2D eigenvalue weighted by Gasteiger charge is 2.14. The van der Waals surface area contributed by atoms with Crippen LogP contribution in [0.4, 0.5) is 0 Å². The largest absolute Gasteiger partial charge is 0.494 e. The lowest BCUT2D eigenvalue weighted by atomic mass is 10.1. The van der Waals surface area contributed by atoms with Crippen LogP contribution in [0.1, 0.15) is 26.7 Å². The smallest absolute Gasteiger partial charge is 0.290 e. The molecule has 1 fully saturated rings. The maximum absolute atomic E-state index is 9.94. The summed E-state index contributed by atoms with van der Waals surface area (Å²) in [7, 11) is 0. The number of imidazole rings is 1. The van der Waals surface area contributed by atoms with Crippen LogP contribution < -0.4 is 4.74 Å². The molecule has 0 spiro atoms. The summed E-state index contributed by atoms with van der Waals surface area (Å²) in [6.45, 7) is 9.39. The fourth-order valence-electron chi connectivity index (χ4n) is 3.15. The van der Waals surface area contributed by atoms with Crippen LogP contribution in [0.25, 0.3) is 11.4 Å². The Kier molecular flexibility index (Phi) is 13.4. The van der Waals surface area contributed by atoms with Crippen molar-refractivity contribution in [2.45, 2.75) is 38.8 Å². The molecule has 0 saturated carbocycles. The molecule has 2 heterocycles. The van der Waals surface area contributed by atoms with Gasteiger partial charge in [0.25, 0.3) is 12.9 Å². The number of aromatic nitrogens is 2. The van der Waals surface area contributed by atoms with Crippen LogP contribution in [0.15, 0.2) is 36.7 Å². The lowest BCUT2D eigenvalue weighted by molar-refractivity contribution is -0.123. The lowest BCUT2D eigenvalue weighted by Gasteiger charge is -2.26. The molecule has 2 aromatic rings. The Balaban J connectivity index is 0.000000819. The Morgan fingerprint density at radius 1 is 1.09 bits per heavy atom. The van der Waals surface area contributed by atoms with Crippen LogP contribution in [0.2, 0.25) is 0 Å². The van der Waals surface area contributed by atoms with Crippen LogP contribution in [0.3, 0.4) is 0 Å². The van der Waals surface area contributed by atoms with Crippen molar-refractivity contribution in [2.75, 3.05) is 39.5 Å². The Labute approximate surface area is 194 Å². The molecule has 0 aliphatic carbocycles. The summed E-state index contributed by atoms with van der Waals surface area (Å²) in [4.78, 5) is 23.6. The van der Waals surface area contributed by atoms with Crippen molar-refractivity contribution < 1.29 is 34.4 Å². The van der Waals surface area contributed by atoms with Crippen molar-refractivity contribution >= 4 is 12.9 Å². The minimum atomic E-state index is -0.680. The van der Waals surface area contributed by atoms with Gasteiger partial charge in [0, 0.05) is 44.1 Å². The predicted molar refractivity (Wildman–Crippen MR) is 123 cm³/mol. The highest BCUT2D eigenvalue weighted by molar-refractivity contribution is 5.56. The third kappa shape index (κ3) is 12.0. The molecule has 3 N–H and O–H groups in total. The number of ether oxygens (including phenoxy) is 2. The van der Waals surface area contributed by atoms with E-state index in [1.165, 1.54) is 0 Å². The summed E-state index contributed by atoms with van der Waals surface area (Å²) in [5, 5.41) is 23.7. The third-order valence-corrected chi connectivity index (χ3v) is 4.78. The zero-order valence-electron chi connectivity index (χ0n) is 19.3. The SMILES string of the molecule is CC(C)(O)CCn1ccnc1-c1ccc(OCCCN2CCOCC2)cc1.O=CO.O=CO. The van der Waals surface area contributed by atoms with Crippen molar-refractivity contribution in [3.05, 3.63) is 36.7 Å². The van der Waals surface area contributed by atoms with Gasteiger partial charge >= 0.3 is 0 Å². The monoisotopic (exact) mass is 465 g/mol. The van der Waals surface area contributed by atoms with Crippen molar-refractivity contribution in [3.8, 4) is 17.1 Å². The van der Waals surface area contributed by atoms with Gasteiger partial charge in [0.1, 0.15) is 11.6 Å². The quantitative estimate of drug-likeness (QED) is 0.376. The molecule has 1 aliphatic heterocycles. The van der Waals surface area contributed by atoms with E-state index in [-0.39, 0.29) is 12.9 Å². The van der Waals surface area contributed by atoms with Gasteiger partial charge in [-0.3, -0.25) is 14.5 Å². The van der Waals surface area contributed by atoms with Crippen LogP contribution in [-0.2, 0) is 20.9 Å². The van der Waals surface area contributed by atoms with Gasteiger partial charge in [0.05, 0.1) is 25.4 Å². The first kappa shape index (κ1) is 28.1. The van der Waals surface area contributed by atoms with E-state index in [1.807, 2.05) is 44.3 Å². The summed E-state index contributed by atoms with van der Waals surface area (Å²) < 4.78 is 13.3. The number of nitrogens with zero attached hydrogens (tertiary/aromatic N) is 3. The minimum Gasteiger partial charge on any atom is -0.494 e. The maximum atomic E-state index is 9.94. The molecule has 0 atom stereocenters. The average Bonchev–Trinajstić information content (AvgIpc) is 3.26. The molecule has 10 heteroatoms. The second kappa shape index (κ2) is 15.8. The molecule has 184 valence electrons. The van der Waals surface area contributed by atoms with Crippen LogP contribution >= 0.6 is 0 Å². The third-order valence-electron chi connectivity index (χ3n) is 4.78. The summed E-state index contributed by atoms with van der Waals surface area (Å²) in [5.41, 5.74) is 0.372. The van der Waals surface area contributed by atoms with Gasteiger partial charge in [-0.1, -0.05) is 0 Å². The molecule has 1 aromatic heterocycles. The Bertz CT molecular complexity index is 776. The molecular weight excluding hydrogens is 430 g/mol. The average molecular weight is 466 g/mol. The van der Waals surface area contributed by atoms with Crippen molar-refractivity contribution in [3.63, 3.8) is 0 Å². The zero-order valence-corrected chi connectivity index (χ0v) is 19.3. The maximum Gasteiger partial charge on any atom is 0.290 e. The van der Waals surface area contributed by atoms with Gasteiger partial charge in [-0.25, -0.2) is 4.98 Å². The van der Waals surface area contributed by atoms with Gasteiger partial charge in [-0.15, -0.1) is 0 Å². The minimum absolute atomic E-state index is 0.250. The molecule has 0 amide bonds. The van der Waals surface area contributed by atoms with Crippen molar-refractivity contribution in [1.29, 1.82) is 0 Å². The molecule has 0 unspecified atom stereocenters. The highest BCUT2D eigenvalue weighted by atomic mass is 16.5. The second-order valence-electron chi connectivity index (χ2n) is 7.90. The zero-order chi connectivity index (χ0) is 24.5. The van der Waals surface area contributed by atoms with Gasteiger partial charge in [-0.05, 0) is 51.0 Å².